The summed E-state index contributed by atoms with van der Waals surface area (Å²) in [4.78, 5) is 24.5. The van der Waals surface area contributed by atoms with E-state index in [9.17, 15) is 9.59 Å². The highest BCUT2D eigenvalue weighted by atomic mass is 16.5. The summed E-state index contributed by atoms with van der Waals surface area (Å²) in [5, 5.41) is 0. The number of carbonyl (C=O) groups excluding carboxylic acids is 2. The van der Waals surface area contributed by atoms with E-state index in [1.54, 1.807) is 24.3 Å². The fraction of sp³-hybridized carbons (Fsp3) is 0.222. The van der Waals surface area contributed by atoms with E-state index in [1.807, 2.05) is 6.07 Å². The predicted octanol–water partition coefficient (Wildman–Crippen LogP) is 2.74. The van der Waals surface area contributed by atoms with E-state index in [0.717, 1.165) is 0 Å². The van der Waals surface area contributed by atoms with Gasteiger partial charge in [0.15, 0.2) is 11.5 Å². The van der Waals surface area contributed by atoms with Crippen molar-refractivity contribution in [3.05, 3.63) is 47.5 Å². The Morgan fingerprint density at radius 3 is 2.00 bits per heavy atom. The zero-order valence-electron chi connectivity index (χ0n) is 13.8. The number of methoxy groups -OCH3 is 4. The highest BCUT2D eigenvalue weighted by Crippen LogP contribution is 2.42. The summed E-state index contributed by atoms with van der Waals surface area (Å²) in [6, 6.07) is 11.7. The van der Waals surface area contributed by atoms with E-state index in [-0.39, 0.29) is 22.6 Å². The van der Waals surface area contributed by atoms with Crippen LogP contribution in [0.25, 0.3) is 11.1 Å². The average molecular weight is 329 g/mol. The minimum absolute atomic E-state index is 0.00759. The molecule has 0 fully saturated rings. The van der Waals surface area contributed by atoms with E-state index in [1.165, 1.54) is 28.4 Å². The van der Waals surface area contributed by atoms with Crippen LogP contribution in [0.4, 0.5) is 0 Å². The van der Waals surface area contributed by atoms with Crippen molar-refractivity contribution < 1.29 is 28.5 Å². The number of carbonyl (C=O) groups is 2. The highest BCUT2D eigenvalue weighted by molar-refractivity contribution is 6.09. The van der Waals surface area contributed by atoms with Crippen molar-refractivity contribution in [2.45, 2.75) is 0 Å². The molecule has 24 heavy (non-hydrogen) atoms. The molecule has 0 saturated heterocycles. The van der Waals surface area contributed by atoms with Crippen molar-refractivity contribution in [2.24, 2.45) is 0 Å². The van der Waals surface area contributed by atoms with Crippen molar-refractivity contribution in [3.63, 3.8) is 0 Å². The number of rotatable bonds is 5. The zero-order chi connectivity index (χ0) is 17.7. The third-order valence-corrected chi connectivity index (χ3v) is 3.42. The second kappa shape index (κ2) is 7.50. The molecule has 0 saturated carbocycles. The van der Waals surface area contributed by atoms with Gasteiger partial charge in [0.1, 0.15) is 0 Å². The molecule has 0 aliphatic heterocycles. The van der Waals surface area contributed by atoms with Gasteiger partial charge in [-0.2, -0.15) is 0 Å². The third kappa shape index (κ3) is 3.03. The summed E-state index contributed by atoms with van der Waals surface area (Å²) in [5.74, 6) is -0.971. The quantitative estimate of drug-likeness (QED) is 0.786. The fourth-order valence-electron chi connectivity index (χ4n) is 2.36. The lowest BCUT2D eigenvalue weighted by Gasteiger charge is -2.18. The lowest BCUT2D eigenvalue weighted by Crippen LogP contribution is -2.15. The maximum absolute atomic E-state index is 12.4. The van der Waals surface area contributed by atoms with Gasteiger partial charge in [0.05, 0.1) is 39.6 Å². The first-order valence-corrected chi connectivity index (χ1v) is 7.02. The molecule has 2 rings (SSSR count). The van der Waals surface area contributed by atoms with Gasteiger partial charge in [-0.25, -0.2) is 9.59 Å². The number of ether oxygens (including phenoxy) is 4. The minimum atomic E-state index is -0.728. The molecule has 0 aliphatic carbocycles. The van der Waals surface area contributed by atoms with Crippen LogP contribution in [-0.2, 0) is 9.47 Å². The van der Waals surface area contributed by atoms with Gasteiger partial charge >= 0.3 is 11.9 Å². The Balaban J connectivity index is 2.95. The smallest absolute Gasteiger partial charge is 0.339 e. The summed E-state index contributed by atoms with van der Waals surface area (Å²) < 4.78 is 20.3. The number of esters is 2. The van der Waals surface area contributed by atoms with Crippen LogP contribution in [-0.4, -0.2) is 40.4 Å². The molecule has 1 radical (unpaired) electrons. The van der Waals surface area contributed by atoms with E-state index in [0.29, 0.717) is 11.1 Å². The molecule has 0 heterocycles. The first-order valence-electron chi connectivity index (χ1n) is 7.02. The first kappa shape index (κ1) is 17.3. The SMILES string of the molecule is COC(=O)c1[c]c(OC)c(OC)c(-c2ccccc2)c1C(=O)OC. The molecule has 2 aromatic carbocycles. The molecule has 125 valence electrons. The molecule has 2 aromatic rings. The number of hydrogen-bond acceptors (Lipinski definition) is 6. The van der Waals surface area contributed by atoms with E-state index in [4.69, 9.17) is 18.9 Å². The Hall–Kier alpha value is -3.02. The summed E-state index contributed by atoms with van der Waals surface area (Å²) in [6.07, 6.45) is 0. The van der Waals surface area contributed by atoms with Crippen molar-refractivity contribution >= 4 is 11.9 Å². The van der Waals surface area contributed by atoms with E-state index < -0.39 is 11.9 Å². The molecule has 6 heteroatoms. The van der Waals surface area contributed by atoms with Crippen LogP contribution in [0.5, 0.6) is 11.5 Å². The molecular formula is C18H17O6. The Labute approximate surface area is 139 Å². The Morgan fingerprint density at radius 2 is 1.50 bits per heavy atom. The minimum Gasteiger partial charge on any atom is -0.492 e. The monoisotopic (exact) mass is 329 g/mol. The van der Waals surface area contributed by atoms with Gasteiger partial charge in [-0.1, -0.05) is 30.3 Å². The van der Waals surface area contributed by atoms with Crippen LogP contribution >= 0.6 is 0 Å². The lowest BCUT2D eigenvalue weighted by molar-refractivity contribution is 0.0555. The normalized spacial score (nSPS) is 10.0. The molecule has 6 nitrogen and oxygen atoms in total. The molecule has 0 aliphatic rings. The van der Waals surface area contributed by atoms with E-state index >= 15 is 0 Å². The van der Waals surface area contributed by atoms with Gasteiger partial charge in [-0.15, -0.1) is 0 Å². The van der Waals surface area contributed by atoms with Crippen molar-refractivity contribution in [2.75, 3.05) is 28.4 Å². The van der Waals surface area contributed by atoms with Crippen LogP contribution in [0.1, 0.15) is 20.7 Å². The van der Waals surface area contributed by atoms with Crippen LogP contribution in [0.2, 0.25) is 0 Å². The maximum Gasteiger partial charge on any atom is 0.339 e. The predicted molar refractivity (Wildman–Crippen MR) is 86.5 cm³/mol. The summed E-state index contributed by atoms with van der Waals surface area (Å²) in [5.41, 5.74) is 0.960. The first-order chi connectivity index (χ1) is 11.6. The summed E-state index contributed by atoms with van der Waals surface area (Å²) in [7, 11) is 5.31. The molecule has 0 atom stereocenters. The van der Waals surface area contributed by atoms with Crippen molar-refractivity contribution in [1.82, 2.24) is 0 Å². The third-order valence-electron chi connectivity index (χ3n) is 3.42. The largest absolute Gasteiger partial charge is 0.492 e. The van der Waals surface area contributed by atoms with Gasteiger partial charge in [0.25, 0.3) is 0 Å². The number of benzene rings is 2. The van der Waals surface area contributed by atoms with Gasteiger partial charge < -0.3 is 18.9 Å². The van der Waals surface area contributed by atoms with Crippen molar-refractivity contribution in [3.8, 4) is 22.6 Å². The fourth-order valence-corrected chi connectivity index (χ4v) is 2.36. The Morgan fingerprint density at radius 1 is 0.875 bits per heavy atom. The molecule has 0 N–H and O–H groups in total. The molecule has 0 unspecified atom stereocenters. The average Bonchev–Trinajstić information content (AvgIpc) is 2.65. The van der Waals surface area contributed by atoms with Crippen LogP contribution in [0.15, 0.2) is 30.3 Å². The molecule has 0 bridgehead atoms. The molecule has 0 spiro atoms. The van der Waals surface area contributed by atoms with Crippen LogP contribution < -0.4 is 9.47 Å². The maximum atomic E-state index is 12.4. The summed E-state index contributed by atoms with van der Waals surface area (Å²) >= 11 is 0. The standard InChI is InChI=1S/C18H17O6/c1-21-13-10-12(17(19)23-3)15(18(20)24-4)14(16(13)22-2)11-8-6-5-7-9-11/h5-9H,1-4H3. The number of hydrogen-bond donors (Lipinski definition) is 0. The van der Waals surface area contributed by atoms with Gasteiger partial charge in [-0.05, 0) is 5.56 Å². The van der Waals surface area contributed by atoms with Gasteiger partial charge in [-0.3, -0.25) is 0 Å². The van der Waals surface area contributed by atoms with Gasteiger partial charge in [0.2, 0.25) is 0 Å². The summed E-state index contributed by atoms with van der Waals surface area (Å²) in [6.45, 7) is 0. The zero-order valence-corrected chi connectivity index (χ0v) is 13.8. The molecule has 0 aromatic heterocycles. The topological polar surface area (TPSA) is 71.1 Å². The van der Waals surface area contributed by atoms with Gasteiger partial charge in [0, 0.05) is 11.6 Å². The second-order valence-corrected chi connectivity index (χ2v) is 4.67. The Bertz CT molecular complexity index is 752. The lowest BCUT2D eigenvalue weighted by atomic mass is 9.93. The van der Waals surface area contributed by atoms with E-state index in [2.05, 4.69) is 6.07 Å². The molecular weight excluding hydrogens is 312 g/mol. The van der Waals surface area contributed by atoms with Crippen LogP contribution in [0, 0.1) is 6.07 Å². The second-order valence-electron chi connectivity index (χ2n) is 4.67. The molecule has 0 amide bonds. The highest BCUT2D eigenvalue weighted by Gasteiger charge is 2.29. The van der Waals surface area contributed by atoms with Crippen LogP contribution in [0.3, 0.4) is 0 Å². The Kier molecular flexibility index (Phi) is 5.42. The van der Waals surface area contributed by atoms with Crippen molar-refractivity contribution in [1.29, 1.82) is 0 Å².